The molecule has 0 saturated carbocycles. The van der Waals surface area contributed by atoms with Gasteiger partial charge in [-0.15, -0.1) is 0 Å². The van der Waals surface area contributed by atoms with E-state index in [-0.39, 0.29) is 0 Å². The minimum atomic E-state index is 0.592. The minimum Gasteiger partial charge on any atom is -0.374 e. The summed E-state index contributed by atoms with van der Waals surface area (Å²) < 4.78 is 1.13. The smallest absolute Gasteiger partial charge is 0.0508 e. The molecule has 0 saturated heterocycles. The first-order chi connectivity index (χ1) is 7.54. The molecule has 0 aliphatic carbocycles. The van der Waals surface area contributed by atoms with Gasteiger partial charge >= 0.3 is 0 Å². The molecule has 0 spiro atoms. The molecule has 1 rings (SSSR count). The Morgan fingerprint density at radius 1 is 1.38 bits per heavy atom. The second kappa shape index (κ2) is 6.26. The SMILES string of the molecule is CC(C)CCN(C)c1ccc(CN)cc1Br. The van der Waals surface area contributed by atoms with Crippen LogP contribution in [-0.2, 0) is 6.54 Å². The predicted molar refractivity (Wildman–Crippen MR) is 74.8 cm³/mol. The van der Waals surface area contributed by atoms with Gasteiger partial charge in [0.15, 0.2) is 0 Å². The summed E-state index contributed by atoms with van der Waals surface area (Å²) in [6.07, 6.45) is 1.21. The van der Waals surface area contributed by atoms with Crippen LogP contribution in [0.1, 0.15) is 25.8 Å². The fourth-order valence-electron chi connectivity index (χ4n) is 1.56. The Morgan fingerprint density at radius 3 is 2.56 bits per heavy atom. The molecular formula is C13H21BrN2. The van der Waals surface area contributed by atoms with Crippen LogP contribution in [0.4, 0.5) is 5.69 Å². The van der Waals surface area contributed by atoms with E-state index in [2.05, 4.69) is 59.9 Å². The summed E-state index contributed by atoms with van der Waals surface area (Å²) in [6.45, 7) is 6.17. The van der Waals surface area contributed by atoms with Gasteiger partial charge in [-0.3, -0.25) is 0 Å². The highest BCUT2D eigenvalue weighted by molar-refractivity contribution is 9.10. The lowest BCUT2D eigenvalue weighted by molar-refractivity contribution is 0.585. The lowest BCUT2D eigenvalue weighted by Gasteiger charge is -2.22. The molecule has 0 heterocycles. The van der Waals surface area contributed by atoms with E-state index in [0.29, 0.717) is 6.54 Å². The van der Waals surface area contributed by atoms with Crippen molar-refractivity contribution in [3.8, 4) is 0 Å². The molecule has 0 aliphatic heterocycles. The number of rotatable bonds is 5. The molecule has 0 radical (unpaired) electrons. The van der Waals surface area contributed by atoms with Gasteiger partial charge in [-0.25, -0.2) is 0 Å². The Labute approximate surface area is 107 Å². The van der Waals surface area contributed by atoms with E-state index in [9.17, 15) is 0 Å². The van der Waals surface area contributed by atoms with E-state index < -0.39 is 0 Å². The van der Waals surface area contributed by atoms with Crippen LogP contribution < -0.4 is 10.6 Å². The Morgan fingerprint density at radius 2 is 2.06 bits per heavy atom. The zero-order valence-corrected chi connectivity index (χ0v) is 11.9. The van der Waals surface area contributed by atoms with Gasteiger partial charge in [-0.1, -0.05) is 19.9 Å². The van der Waals surface area contributed by atoms with Crippen LogP contribution in [-0.4, -0.2) is 13.6 Å². The molecular weight excluding hydrogens is 264 g/mol. The number of halogens is 1. The fourth-order valence-corrected chi connectivity index (χ4v) is 2.29. The van der Waals surface area contributed by atoms with Crippen LogP contribution in [0.15, 0.2) is 22.7 Å². The molecule has 90 valence electrons. The van der Waals surface area contributed by atoms with Crippen LogP contribution in [0.5, 0.6) is 0 Å². The van der Waals surface area contributed by atoms with Crippen molar-refractivity contribution in [3.05, 3.63) is 28.2 Å². The molecule has 2 N–H and O–H groups in total. The van der Waals surface area contributed by atoms with Crippen molar-refractivity contribution in [1.29, 1.82) is 0 Å². The fraction of sp³-hybridized carbons (Fsp3) is 0.538. The highest BCUT2D eigenvalue weighted by Gasteiger charge is 2.06. The van der Waals surface area contributed by atoms with Gasteiger partial charge in [0.1, 0.15) is 0 Å². The van der Waals surface area contributed by atoms with E-state index in [4.69, 9.17) is 5.73 Å². The minimum absolute atomic E-state index is 0.592. The first-order valence-corrected chi connectivity index (χ1v) is 6.53. The van der Waals surface area contributed by atoms with E-state index in [1.54, 1.807) is 0 Å². The Bertz CT molecular complexity index is 337. The summed E-state index contributed by atoms with van der Waals surface area (Å²) in [6, 6.07) is 6.32. The maximum atomic E-state index is 5.61. The van der Waals surface area contributed by atoms with Crippen molar-refractivity contribution >= 4 is 21.6 Å². The third-order valence-electron chi connectivity index (χ3n) is 2.70. The molecule has 0 unspecified atom stereocenters. The molecule has 2 nitrogen and oxygen atoms in total. The van der Waals surface area contributed by atoms with Gasteiger partial charge in [-0.2, -0.15) is 0 Å². The number of anilines is 1. The van der Waals surface area contributed by atoms with Crippen LogP contribution >= 0.6 is 15.9 Å². The van der Waals surface area contributed by atoms with Crippen LogP contribution in [0.3, 0.4) is 0 Å². The second-order valence-electron chi connectivity index (χ2n) is 4.59. The Hall–Kier alpha value is -0.540. The number of nitrogens with zero attached hydrogens (tertiary/aromatic N) is 1. The standard InChI is InChI=1S/C13H21BrN2/c1-10(2)6-7-16(3)13-5-4-11(9-15)8-12(13)14/h4-5,8,10H,6-7,9,15H2,1-3H3. The summed E-state index contributed by atoms with van der Waals surface area (Å²) >= 11 is 3.60. The van der Waals surface area contributed by atoms with Crippen molar-refractivity contribution in [2.75, 3.05) is 18.5 Å². The normalized spacial score (nSPS) is 10.9. The maximum absolute atomic E-state index is 5.61. The Balaban J connectivity index is 2.71. The lowest BCUT2D eigenvalue weighted by atomic mass is 10.1. The highest BCUT2D eigenvalue weighted by Crippen LogP contribution is 2.26. The van der Waals surface area contributed by atoms with E-state index in [1.807, 2.05) is 0 Å². The monoisotopic (exact) mass is 284 g/mol. The van der Waals surface area contributed by atoms with Crippen molar-refractivity contribution in [1.82, 2.24) is 0 Å². The summed E-state index contributed by atoms with van der Waals surface area (Å²) in [7, 11) is 2.13. The second-order valence-corrected chi connectivity index (χ2v) is 5.45. The molecule has 0 bridgehead atoms. The summed E-state index contributed by atoms with van der Waals surface area (Å²) in [5, 5.41) is 0. The van der Waals surface area contributed by atoms with Gasteiger partial charge in [0.25, 0.3) is 0 Å². The quantitative estimate of drug-likeness (QED) is 0.898. The van der Waals surface area contributed by atoms with Gasteiger partial charge in [0.05, 0.1) is 5.69 Å². The molecule has 0 aliphatic rings. The van der Waals surface area contributed by atoms with Crippen molar-refractivity contribution in [2.45, 2.75) is 26.8 Å². The third kappa shape index (κ3) is 3.80. The number of benzene rings is 1. The average Bonchev–Trinajstić information content (AvgIpc) is 2.25. The summed E-state index contributed by atoms with van der Waals surface area (Å²) in [5.41, 5.74) is 8.00. The first kappa shape index (κ1) is 13.5. The third-order valence-corrected chi connectivity index (χ3v) is 3.34. The van der Waals surface area contributed by atoms with Gasteiger partial charge in [0.2, 0.25) is 0 Å². The van der Waals surface area contributed by atoms with Crippen LogP contribution in [0.25, 0.3) is 0 Å². The van der Waals surface area contributed by atoms with Gasteiger partial charge < -0.3 is 10.6 Å². The van der Waals surface area contributed by atoms with Crippen LogP contribution in [0.2, 0.25) is 0 Å². The van der Waals surface area contributed by atoms with Gasteiger partial charge in [0, 0.05) is 24.6 Å². The summed E-state index contributed by atoms with van der Waals surface area (Å²) in [5.74, 6) is 0.740. The Kier molecular flexibility index (Phi) is 5.29. The van der Waals surface area contributed by atoms with Crippen molar-refractivity contribution in [3.63, 3.8) is 0 Å². The number of hydrogen-bond acceptors (Lipinski definition) is 2. The largest absolute Gasteiger partial charge is 0.374 e. The van der Waals surface area contributed by atoms with Crippen LogP contribution in [0, 0.1) is 5.92 Å². The van der Waals surface area contributed by atoms with E-state index in [0.717, 1.165) is 22.5 Å². The zero-order chi connectivity index (χ0) is 12.1. The molecule has 1 aromatic carbocycles. The zero-order valence-electron chi connectivity index (χ0n) is 10.3. The highest BCUT2D eigenvalue weighted by atomic mass is 79.9. The molecule has 0 fully saturated rings. The number of nitrogens with two attached hydrogens (primary N) is 1. The maximum Gasteiger partial charge on any atom is 0.0508 e. The predicted octanol–water partition coefficient (Wildman–Crippen LogP) is 3.39. The average molecular weight is 285 g/mol. The van der Waals surface area contributed by atoms with Crippen molar-refractivity contribution < 1.29 is 0 Å². The molecule has 0 aromatic heterocycles. The van der Waals surface area contributed by atoms with Gasteiger partial charge in [-0.05, 0) is 46.0 Å². The lowest BCUT2D eigenvalue weighted by Crippen LogP contribution is -2.20. The van der Waals surface area contributed by atoms with E-state index >= 15 is 0 Å². The number of hydrogen-bond donors (Lipinski definition) is 1. The molecule has 0 atom stereocenters. The summed E-state index contributed by atoms with van der Waals surface area (Å²) in [4.78, 5) is 2.28. The molecule has 0 amide bonds. The topological polar surface area (TPSA) is 29.3 Å². The molecule has 16 heavy (non-hydrogen) atoms. The molecule has 1 aromatic rings. The molecule has 3 heteroatoms. The van der Waals surface area contributed by atoms with Crippen molar-refractivity contribution in [2.24, 2.45) is 11.7 Å². The van der Waals surface area contributed by atoms with E-state index in [1.165, 1.54) is 12.1 Å². The first-order valence-electron chi connectivity index (χ1n) is 5.74.